The first-order valence-electron chi connectivity index (χ1n) is 7.75. The minimum Gasteiger partial charge on any atom is -0.453 e. The van der Waals surface area contributed by atoms with E-state index in [1.807, 2.05) is 17.5 Å². The maximum Gasteiger partial charge on any atom is 0.360 e. The quantitative estimate of drug-likeness (QED) is 0.623. The Morgan fingerprint density at radius 1 is 1.48 bits per heavy atom. The van der Waals surface area contributed by atoms with Gasteiger partial charge in [0, 0.05) is 5.41 Å². The number of hydrogen-bond acceptors (Lipinski definition) is 8. The van der Waals surface area contributed by atoms with Crippen LogP contribution in [0.2, 0.25) is 0 Å². The standard InChI is InChI=1S/C16H16N4O4S/c1-16(9-22-10-16)8-20-6-12(18-19-20)15(21)23-7-11-5-17-14(24-11)13-3-2-4-25-13/h2-6H,7-10H2,1H3. The molecule has 0 atom stereocenters. The van der Waals surface area contributed by atoms with E-state index in [4.69, 9.17) is 13.9 Å². The molecule has 0 amide bonds. The molecule has 4 rings (SSSR count). The number of nitrogens with zero attached hydrogens (tertiary/aromatic N) is 4. The van der Waals surface area contributed by atoms with Gasteiger partial charge in [-0.25, -0.2) is 9.78 Å². The van der Waals surface area contributed by atoms with Crippen molar-refractivity contribution in [3.05, 3.63) is 41.4 Å². The normalized spacial score (nSPS) is 15.7. The van der Waals surface area contributed by atoms with Crippen LogP contribution in [-0.4, -0.2) is 39.2 Å². The Labute approximate surface area is 147 Å². The first-order chi connectivity index (χ1) is 12.1. The van der Waals surface area contributed by atoms with Gasteiger partial charge in [0.25, 0.3) is 0 Å². The third-order valence-electron chi connectivity index (χ3n) is 3.82. The molecule has 25 heavy (non-hydrogen) atoms. The van der Waals surface area contributed by atoms with Crippen molar-refractivity contribution in [2.75, 3.05) is 13.2 Å². The number of ether oxygens (including phenoxy) is 2. The third-order valence-corrected chi connectivity index (χ3v) is 4.68. The van der Waals surface area contributed by atoms with E-state index in [0.717, 1.165) is 4.88 Å². The first kappa shape index (κ1) is 16.0. The van der Waals surface area contributed by atoms with Crippen molar-refractivity contribution < 1.29 is 18.7 Å². The molecule has 3 aromatic rings. The van der Waals surface area contributed by atoms with Crippen LogP contribution < -0.4 is 0 Å². The monoisotopic (exact) mass is 360 g/mol. The van der Waals surface area contributed by atoms with Gasteiger partial charge < -0.3 is 13.9 Å². The number of esters is 1. The third kappa shape index (κ3) is 3.47. The minimum atomic E-state index is -0.546. The largest absolute Gasteiger partial charge is 0.453 e. The van der Waals surface area contributed by atoms with Gasteiger partial charge in [0.15, 0.2) is 18.1 Å². The zero-order valence-electron chi connectivity index (χ0n) is 13.5. The van der Waals surface area contributed by atoms with E-state index in [1.54, 1.807) is 17.1 Å². The summed E-state index contributed by atoms with van der Waals surface area (Å²) in [4.78, 5) is 17.2. The first-order valence-corrected chi connectivity index (χ1v) is 8.63. The molecule has 1 aliphatic heterocycles. The minimum absolute atomic E-state index is 0.00434. The average Bonchev–Trinajstić information content (AvgIpc) is 3.31. The Bertz CT molecular complexity index is 866. The molecule has 0 spiro atoms. The molecule has 3 aromatic heterocycles. The summed E-state index contributed by atoms with van der Waals surface area (Å²) in [6.07, 6.45) is 3.14. The van der Waals surface area contributed by atoms with E-state index < -0.39 is 5.97 Å². The fourth-order valence-electron chi connectivity index (χ4n) is 2.50. The van der Waals surface area contributed by atoms with Gasteiger partial charge in [-0.05, 0) is 11.4 Å². The highest BCUT2D eigenvalue weighted by Crippen LogP contribution is 2.28. The van der Waals surface area contributed by atoms with Gasteiger partial charge in [0.2, 0.25) is 5.89 Å². The van der Waals surface area contributed by atoms with Crippen molar-refractivity contribution in [1.82, 2.24) is 20.0 Å². The van der Waals surface area contributed by atoms with Crippen molar-refractivity contribution in [2.45, 2.75) is 20.1 Å². The Morgan fingerprint density at radius 2 is 2.36 bits per heavy atom. The second-order valence-electron chi connectivity index (χ2n) is 6.29. The summed E-state index contributed by atoms with van der Waals surface area (Å²) >= 11 is 1.53. The topological polar surface area (TPSA) is 92.3 Å². The van der Waals surface area contributed by atoms with E-state index in [-0.39, 0.29) is 17.7 Å². The Balaban J connectivity index is 1.34. The lowest BCUT2D eigenvalue weighted by Crippen LogP contribution is -2.43. The molecule has 0 aliphatic carbocycles. The van der Waals surface area contributed by atoms with Crippen LogP contribution in [-0.2, 0) is 22.6 Å². The Morgan fingerprint density at radius 3 is 3.08 bits per heavy atom. The van der Waals surface area contributed by atoms with Crippen LogP contribution in [0.5, 0.6) is 0 Å². The number of thiophene rings is 1. The molecule has 0 unspecified atom stereocenters. The van der Waals surface area contributed by atoms with Crippen LogP contribution in [0.25, 0.3) is 10.8 Å². The summed E-state index contributed by atoms with van der Waals surface area (Å²) in [5, 5.41) is 9.79. The van der Waals surface area contributed by atoms with Gasteiger partial charge in [-0.2, -0.15) is 0 Å². The van der Waals surface area contributed by atoms with Crippen molar-refractivity contribution in [1.29, 1.82) is 0 Å². The molecule has 0 N–H and O–H groups in total. The number of oxazole rings is 1. The van der Waals surface area contributed by atoms with Crippen LogP contribution in [0.15, 0.2) is 34.3 Å². The molecule has 130 valence electrons. The molecule has 4 heterocycles. The fraction of sp³-hybridized carbons (Fsp3) is 0.375. The number of carbonyl (C=O) groups excluding carboxylic acids is 1. The summed E-state index contributed by atoms with van der Waals surface area (Å²) in [5.41, 5.74) is 0.217. The fourth-order valence-corrected chi connectivity index (χ4v) is 3.16. The second-order valence-corrected chi connectivity index (χ2v) is 7.24. The van der Waals surface area contributed by atoms with Gasteiger partial charge >= 0.3 is 5.97 Å². The van der Waals surface area contributed by atoms with Gasteiger partial charge in [-0.15, -0.1) is 16.4 Å². The second kappa shape index (κ2) is 6.41. The summed E-state index contributed by atoms with van der Waals surface area (Å²) in [6.45, 7) is 4.12. The molecule has 1 saturated heterocycles. The molecule has 1 fully saturated rings. The highest BCUT2D eigenvalue weighted by molar-refractivity contribution is 7.13. The summed E-state index contributed by atoms with van der Waals surface area (Å²) in [6, 6.07) is 3.83. The van der Waals surface area contributed by atoms with E-state index >= 15 is 0 Å². The summed E-state index contributed by atoms with van der Waals surface area (Å²) in [5.74, 6) is 0.446. The highest BCUT2D eigenvalue weighted by atomic mass is 32.1. The van der Waals surface area contributed by atoms with Crippen molar-refractivity contribution >= 4 is 17.3 Å². The molecule has 0 aromatic carbocycles. The number of rotatable bonds is 6. The maximum atomic E-state index is 12.1. The lowest BCUT2D eigenvalue weighted by Gasteiger charge is -2.37. The molecule has 8 nitrogen and oxygen atoms in total. The number of hydrogen-bond donors (Lipinski definition) is 0. The lowest BCUT2D eigenvalue weighted by molar-refractivity contribution is -0.111. The average molecular weight is 360 g/mol. The van der Waals surface area contributed by atoms with E-state index in [2.05, 4.69) is 22.2 Å². The van der Waals surface area contributed by atoms with Crippen LogP contribution in [0.1, 0.15) is 23.2 Å². The molecular formula is C16H16N4O4S. The Hall–Kier alpha value is -2.52. The molecule has 0 radical (unpaired) electrons. The van der Waals surface area contributed by atoms with Crippen LogP contribution >= 0.6 is 11.3 Å². The predicted octanol–water partition coefficient (Wildman–Crippen LogP) is 2.39. The zero-order chi connectivity index (χ0) is 17.3. The van der Waals surface area contributed by atoms with Crippen molar-refractivity contribution in [3.63, 3.8) is 0 Å². The van der Waals surface area contributed by atoms with Gasteiger partial charge in [0.05, 0.1) is 37.0 Å². The van der Waals surface area contributed by atoms with E-state index in [1.165, 1.54) is 11.3 Å². The highest BCUT2D eigenvalue weighted by Gasteiger charge is 2.34. The van der Waals surface area contributed by atoms with Crippen LogP contribution in [0.3, 0.4) is 0 Å². The van der Waals surface area contributed by atoms with Crippen LogP contribution in [0, 0.1) is 5.41 Å². The van der Waals surface area contributed by atoms with Gasteiger partial charge in [-0.3, -0.25) is 4.68 Å². The van der Waals surface area contributed by atoms with Crippen molar-refractivity contribution in [3.8, 4) is 10.8 Å². The van der Waals surface area contributed by atoms with Crippen LogP contribution in [0.4, 0.5) is 0 Å². The van der Waals surface area contributed by atoms with Gasteiger partial charge in [0.1, 0.15) is 0 Å². The molecule has 1 aliphatic rings. The van der Waals surface area contributed by atoms with Crippen molar-refractivity contribution in [2.24, 2.45) is 5.41 Å². The van der Waals surface area contributed by atoms with E-state index in [0.29, 0.717) is 31.4 Å². The summed E-state index contributed by atoms with van der Waals surface area (Å²) < 4.78 is 17.6. The Kier molecular flexibility index (Phi) is 4.10. The predicted molar refractivity (Wildman–Crippen MR) is 87.9 cm³/mol. The molecule has 0 saturated carbocycles. The smallest absolute Gasteiger partial charge is 0.360 e. The molecular weight excluding hydrogens is 344 g/mol. The number of aromatic nitrogens is 4. The summed E-state index contributed by atoms with van der Waals surface area (Å²) in [7, 11) is 0. The lowest BCUT2D eigenvalue weighted by atomic mass is 9.89. The SMILES string of the molecule is CC1(Cn2cc(C(=O)OCc3cnc(-c4cccs4)o3)nn2)COC1. The maximum absolute atomic E-state index is 12.1. The molecule has 9 heteroatoms. The van der Waals surface area contributed by atoms with E-state index in [9.17, 15) is 4.79 Å². The van der Waals surface area contributed by atoms with Gasteiger partial charge in [-0.1, -0.05) is 18.2 Å². The molecule has 0 bridgehead atoms. The zero-order valence-corrected chi connectivity index (χ0v) is 14.4. The number of carbonyl (C=O) groups is 1.